The van der Waals surface area contributed by atoms with Crippen molar-refractivity contribution in [1.29, 1.82) is 0 Å². The van der Waals surface area contributed by atoms with Gasteiger partial charge in [-0.05, 0) is 25.1 Å². The molecule has 3 heteroatoms. The number of rotatable bonds is 1. The highest BCUT2D eigenvalue weighted by molar-refractivity contribution is 5.95. The molecular weight excluding hydrogens is 176 g/mol. The van der Waals surface area contributed by atoms with E-state index in [1.807, 2.05) is 19.1 Å². The maximum absolute atomic E-state index is 11.7. The van der Waals surface area contributed by atoms with E-state index >= 15 is 0 Å². The van der Waals surface area contributed by atoms with Gasteiger partial charge in [0.05, 0.1) is 0 Å². The monoisotopic (exact) mass is 186 g/mol. The fourth-order valence-electron chi connectivity index (χ4n) is 1.22. The van der Waals surface area contributed by atoms with E-state index in [1.165, 1.54) is 4.68 Å². The van der Waals surface area contributed by atoms with Crippen LogP contribution in [-0.4, -0.2) is 15.7 Å². The SMILES string of the molecule is Cc1ccc(C(=O)n2cccn2)cc1. The zero-order valence-corrected chi connectivity index (χ0v) is 7.84. The third-order valence-corrected chi connectivity index (χ3v) is 2.01. The summed E-state index contributed by atoms with van der Waals surface area (Å²) in [5.41, 5.74) is 1.79. The van der Waals surface area contributed by atoms with Crippen LogP contribution in [0.4, 0.5) is 0 Å². The van der Waals surface area contributed by atoms with Crippen LogP contribution in [0.5, 0.6) is 0 Å². The number of carbonyl (C=O) groups excluding carboxylic acids is 1. The van der Waals surface area contributed by atoms with E-state index in [4.69, 9.17) is 0 Å². The third kappa shape index (κ3) is 1.57. The quantitative estimate of drug-likeness (QED) is 0.681. The van der Waals surface area contributed by atoms with Crippen molar-refractivity contribution >= 4 is 5.91 Å². The molecule has 14 heavy (non-hydrogen) atoms. The predicted molar refractivity (Wildman–Crippen MR) is 53.1 cm³/mol. The summed E-state index contributed by atoms with van der Waals surface area (Å²) in [6.45, 7) is 1.99. The molecule has 1 aromatic heterocycles. The Labute approximate surface area is 82.0 Å². The number of nitrogens with zero attached hydrogens (tertiary/aromatic N) is 2. The molecule has 0 radical (unpaired) electrons. The predicted octanol–water partition coefficient (Wildman–Crippen LogP) is 1.88. The lowest BCUT2D eigenvalue weighted by molar-refractivity contribution is 0.0945. The fraction of sp³-hybridized carbons (Fsp3) is 0.0909. The van der Waals surface area contributed by atoms with Crippen LogP contribution in [0.25, 0.3) is 0 Å². The summed E-state index contributed by atoms with van der Waals surface area (Å²) in [6, 6.07) is 9.16. The molecule has 0 unspecified atom stereocenters. The van der Waals surface area contributed by atoms with E-state index in [9.17, 15) is 4.79 Å². The minimum absolute atomic E-state index is 0.102. The van der Waals surface area contributed by atoms with Crippen LogP contribution in [0.15, 0.2) is 42.7 Å². The van der Waals surface area contributed by atoms with Crippen molar-refractivity contribution in [2.24, 2.45) is 0 Å². The number of carbonyl (C=O) groups is 1. The highest BCUT2D eigenvalue weighted by Crippen LogP contribution is 2.04. The molecule has 70 valence electrons. The molecule has 0 amide bonds. The lowest BCUT2D eigenvalue weighted by Gasteiger charge is -2.00. The maximum Gasteiger partial charge on any atom is 0.278 e. The van der Waals surface area contributed by atoms with E-state index in [1.54, 1.807) is 30.6 Å². The number of hydrogen-bond donors (Lipinski definition) is 0. The second kappa shape index (κ2) is 3.46. The first-order valence-corrected chi connectivity index (χ1v) is 4.38. The Morgan fingerprint density at radius 2 is 2.00 bits per heavy atom. The summed E-state index contributed by atoms with van der Waals surface area (Å²) in [7, 11) is 0. The van der Waals surface area contributed by atoms with Crippen molar-refractivity contribution in [2.75, 3.05) is 0 Å². The molecule has 0 atom stereocenters. The summed E-state index contributed by atoms with van der Waals surface area (Å²) < 4.78 is 1.32. The molecule has 0 bridgehead atoms. The first-order valence-electron chi connectivity index (χ1n) is 4.38. The molecule has 0 saturated carbocycles. The van der Waals surface area contributed by atoms with Crippen LogP contribution >= 0.6 is 0 Å². The van der Waals surface area contributed by atoms with Gasteiger partial charge in [0, 0.05) is 18.0 Å². The molecule has 0 aliphatic rings. The second-order valence-electron chi connectivity index (χ2n) is 3.12. The van der Waals surface area contributed by atoms with Crippen LogP contribution in [0.2, 0.25) is 0 Å². The molecule has 3 nitrogen and oxygen atoms in total. The third-order valence-electron chi connectivity index (χ3n) is 2.01. The zero-order chi connectivity index (χ0) is 9.97. The summed E-state index contributed by atoms with van der Waals surface area (Å²) >= 11 is 0. The lowest BCUT2D eigenvalue weighted by Crippen LogP contribution is -2.11. The molecular formula is C11H10N2O. The Balaban J connectivity index is 2.33. The van der Waals surface area contributed by atoms with Crippen molar-refractivity contribution < 1.29 is 4.79 Å². The molecule has 0 saturated heterocycles. The molecule has 0 N–H and O–H groups in total. The first kappa shape index (κ1) is 8.69. The standard InChI is InChI=1S/C11H10N2O/c1-9-3-5-10(6-4-9)11(14)13-8-2-7-12-13/h2-8H,1H3. The van der Waals surface area contributed by atoms with Gasteiger partial charge in [0.15, 0.2) is 0 Å². The van der Waals surface area contributed by atoms with Crippen LogP contribution in [-0.2, 0) is 0 Å². The first-order chi connectivity index (χ1) is 6.77. The largest absolute Gasteiger partial charge is 0.278 e. The average Bonchev–Trinajstić information content (AvgIpc) is 2.71. The van der Waals surface area contributed by atoms with Gasteiger partial charge in [0.1, 0.15) is 0 Å². The summed E-state index contributed by atoms with van der Waals surface area (Å²) in [5.74, 6) is -0.102. The van der Waals surface area contributed by atoms with Gasteiger partial charge in [0.25, 0.3) is 5.91 Å². The summed E-state index contributed by atoms with van der Waals surface area (Å²) in [5, 5.41) is 3.88. The number of benzene rings is 1. The van der Waals surface area contributed by atoms with E-state index in [0.29, 0.717) is 5.56 Å². The maximum atomic E-state index is 11.7. The van der Waals surface area contributed by atoms with Gasteiger partial charge in [-0.3, -0.25) is 4.79 Å². The Morgan fingerprint density at radius 1 is 1.29 bits per heavy atom. The fourth-order valence-corrected chi connectivity index (χ4v) is 1.22. The smallest absolute Gasteiger partial charge is 0.267 e. The van der Waals surface area contributed by atoms with E-state index in [2.05, 4.69) is 5.10 Å². The average molecular weight is 186 g/mol. The molecule has 0 spiro atoms. The van der Waals surface area contributed by atoms with E-state index in [0.717, 1.165) is 5.56 Å². The van der Waals surface area contributed by atoms with Crippen molar-refractivity contribution in [1.82, 2.24) is 9.78 Å². The van der Waals surface area contributed by atoms with Crippen LogP contribution < -0.4 is 0 Å². The molecule has 0 aliphatic carbocycles. The normalized spacial score (nSPS) is 10.1. The van der Waals surface area contributed by atoms with Gasteiger partial charge in [-0.25, -0.2) is 4.68 Å². The molecule has 2 rings (SSSR count). The highest BCUT2D eigenvalue weighted by atomic mass is 16.2. The molecule has 1 aromatic carbocycles. The van der Waals surface area contributed by atoms with Crippen molar-refractivity contribution in [3.05, 3.63) is 53.9 Å². The number of aryl methyl sites for hydroxylation is 1. The Hall–Kier alpha value is -1.90. The van der Waals surface area contributed by atoms with Gasteiger partial charge < -0.3 is 0 Å². The minimum atomic E-state index is -0.102. The van der Waals surface area contributed by atoms with E-state index in [-0.39, 0.29) is 5.91 Å². The number of aromatic nitrogens is 2. The minimum Gasteiger partial charge on any atom is -0.267 e. The second-order valence-corrected chi connectivity index (χ2v) is 3.12. The summed E-state index contributed by atoms with van der Waals surface area (Å²) in [4.78, 5) is 11.7. The zero-order valence-electron chi connectivity index (χ0n) is 7.84. The molecule has 0 fully saturated rings. The van der Waals surface area contributed by atoms with Gasteiger partial charge >= 0.3 is 0 Å². The Kier molecular flexibility index (Phi) is 2.14. The molecule has 2 aromatic rings. The summed E-state index contributed by atoms with van der Waals surface area (Å²) in [6.07, 6.45) is 3.23. The molecule has 1 heterocycles. The van der Waals surface area contributed by atoms with Crippen molar-refractivity contribution in [3.63, 3.8) is 0 Å². The highest BCUT2D eigenvalue weighted by Gasteiger charge is 2.06. The van der Waals surface area contributed by atoms with Crippen molar-refractivity contribution in [3.8, 4) is 0 Å². The van der Waals surface area contributed by atoms with Crippen LogP contribution in [0, 0.1) is 6.92 Å². The van der Waals surface area contributed by atoms with Crippen LogP contribution in [0.1, 0.15) is 15.9 Å². The Morgan fingerprint density at radius 3 is 2.57 bits per heavy atom. The Bertz CT molecular complexity index is 429. The number of hydrogen-bond acceptors (Lipinski definition) is 2. The van der Waals surface area contributed by atoms with Gasteiger partial charge in [-0.1, -0.05) is 17.7 Å². The van der Waals surface area contributed by atoms with Gasteiger partial charge in [0.2, 0.25) is 0 Å². The van der Waals surface area contributed by atoms with E-state index < -0.39 is 0 Å². The van der Waals surface area contributed by atoms with Crippen LogP contribution in [0.3, 0.4) is 0 Å². The topological polar surface area (TPSA) is 34.9 Å². The van der Waals surface area contributed by atoms with Gasteiger partial charge in [-0.2, -0.15) is 5.10 Å². The molecule has 0 aliphatic heterocycles. The van der Waals surface area contributed by atoms with Gasteiger partial charge in [-0.15, -0.1) is 0 Å². The van der Waals surface area contributed by atoms with Crippen molar-refractivity contribution in [2.45, 2.75) is 6.92 Å². The lowest BCUT2D eigenvalue weighted by atomic mass is 10.1.